The summed E-state index contributed by atoms with van der Waals surface area (Å²) < 4.78 is 0. The zero-order chi connectivity index (χ0) is 12.4. The molecule has 3 nitrogen and oxygen atoms in total. The summed E-state index contributed by atoms with van der Waals surface area (Å²) in [6.45, 7) is 0. The Labute approximate surface area is 105 Å². The molecule has 4 heteroatoms. The Balaban J connectivity index is 2.24. The van der Waals surface area contributed by atoms with E-state index in [0.29, 0.717) is 6.42 Å². The van der Waals surface area contributed by atoms with Crippen molar-refractivity contribution in [2.24, 2.45) is 0 Å². The first-order valence-electron chi connectivity index (χ1n) is 5.53. The van der Waals surface area contributed by atoms with Crippen LogP contribution in [0.1, 0.15) is 24.4 Å². The highest BCUT2D eigenvalue weighted by molar-refractivity contribution is 7.98. The molecule has 1 atom stereocenters. The van der Waals surface area contributed by atoms with Crippen molar-refractivity contribution in [2.45, 2.75) is 23.8 Å². The molecule has 0 aliphatic carbocycles. The van der Waals surface area contributed by atoms with Gasteiger partial charge in [-0.25, -0.2) is 0 Å². The van der Waals surface area contributed by atoms with Gasteiger partial charge >= 0.3 is 0 Å². The third-order valence-electron chi connectivity index (χ3n) is 3.13. The fourth-order valence-corrected chi connectivity index (χ4v) is 2.47. The molecule has 0 spiro atoms. The standard InChI is InChI=1S/C13H15NO2S/c1-14-12(7-10(15)8-13(14)16)9-3-5-11(17-2)6-4-9/h3-6,12H,7-8H2,1-2H3. The summed E-state index contributed by atoms with van der Waals surface area (Å²) >= 11 is 1.68. The van der Waals surface area contributed by atoms with E-state index in [4.69, 9.17) is 0 Å². The van der Waals surface area contributed by atoms with Gasteiger partial charge in [-0.05, 0) is 24.0 Å². The Morgan fingerprint density at radius 3 is 2.47 bits per heavy atom. The van der Waals surface area contributed by atoms with Crippen LogP contribution in [0.3, 0.4) is 0 Å². The van der Waals surface area contributed by atoms with Crippen molar-refractivity contribution in [3.8, 4) is 0 Å². The van der Waals surface area contributed by atoms with Crippen LogP contribution in [0, 0.1) is 0 Å². The molecule has 1 unspecified atom stereocenters. The number of hydrogen-bond donors (Lipinski definition) is 0. The second-order valence-electron chi connectivity index (χ2n) is 4.21. The van der Waals surface area contributed by atoms with E-state index in [1.165, 1.54) is 4.90 Å². The fraction of sp³-hybridized carbons (Fsp3) is 0.385. The van der Waals surface area contributed by atoms with Gasteiger partial charge in [0.25, 0.3) is 0 Å². The second-order valence-corrected chi connectivity index (χ2v) is 5.09. The topological polar surface area (TPSA) is 37.4 Å². The zero-order valence-corrected chi connectivity index (χ0v) is 10.8. The van der Waals surface area contributed by atoms with E-state index in [0.717, 1.165) is 5.56 Å². The summed E-state index contributed by atoms with van der Waals surface area (Å²) in [6, 6.07) is 7.95. The second kappa shape index (κ2) is 4.92. The number of ketones is 1. The van der Waals surface area contributed by atoms with E-state index in [1.807, 2.05) is 30.5 Å². The molecule has 0 aromatic heterocycles. The van der Waals surface area contributed by atoms with Gasteiger partial charge in [0.1, 0.15) is 5.78 Å². The number of carbonyl (C=O) groups is 2. The fourth-order valence-electron chi connectivity index (χ4n) is 2.06. The molecule has 1 heterocycles. The summed E-state index contributed by atoms with van der Waals surface area (Å²) in [7, 11) is 1.77. The third-order valence-corrected chi connectivity index (χ3v) is 3.87. The predicted molar refractivity (Wildman–Crippen MR) is 68.0 cm³/mol. The summed E-state index contributed by atoms with van der Waals surface area (Å²) in [5.41, 5.74) is 1.03. The average Bonchev–Trinajstić information content (AvgIpc) is 2.34. The van der Waals surface area contributed by atoms with Crippen LogP contribution in [0.2, 0.25) is 0 Å². The molecule has 0 bridgehead atoms. The van der Waals surface area contributed by atoms with Gasteiger partial charge in [0.15, 0.2) is 0 Å². The molecule has 0 N–H and O–H groups in total. The summed E-state index contributed by atoms with van der Waals surface area (Å²) in [4.78, 5) is 25.9. The summed E-state index contributed by atoms with van der Waals surface area (Å²) in [6.07, 6.45) is 2.51. The van der Waals surface area contributed by atoms with Crippen LogP contribution in [0.25, 0.3) is 0 Å². The SMILES string of the molecule is CSc1ccc(C2CC(=O)CC(=O)N2C)cc1. The Morgan fingerprint density at radius 1 is 1.24 bits per heavy atom. The highest BCUT2D eigenvalue weighted by Crippen LogP contribution is 2.29. The quantitative estimate of drug-likeness (QED) is 0.596. The van der Waals surface area contributed by atoms with E-state index in [-0.39, 0.29) is 24.2 Å². The first-order chi connectivity index (χ1) is 8.11. The molecular formula is C13H15NO2S. The van der Waals surface area contributed by atoms with Crippen molar-refractivity contribution in [3.63, 3.8) is 0 Å². The van der Waals surface area contributed by atoms with Gasteiger partial charge in [-0.1, -0.05) is 12.1 Å². The van der Waals surface area contributed by atoms with Gasteiger partial charge in [0, 0.05) is 18.4 Å². The molecule has 2 rings (SSSR count). The van der Waals surface area contributed by atoms with E-state index in [9.17, 15) is 9.59 Å². The van der Waals surface area contributed by atoms with Crippen molar-refractivity contribution >= 4 is 23.5 Å². The molecular weight excluding hydrogens is 234 g/mol. The molecule has 1 fully saturated rings. The molecule has 17 heavy (non-hydrogen) atoms. The number of hydrogen-bond acceptors (Lipinski definition) is 3. The number of likely N-dealkylation sites (tertiary alicyclic amines) is 1. The molecule has 1 aromatic carbocycles. The van der Waals surface area contributed by atoms with E-state index >= 15 is 0 Å². The first-order valence-corrected chi connectivity index (χ1v) is 6.75. The van der Waals surface area contributed by atoms with Crippen LogP contribution in [0.15, 0.2) is 29.2 Å². The monoisotopic (exact) mass is 249 g/mol. The predicted octanol–water partition coefficient (Wildman–Crippen LogP) is 2.27. The minimum atomic E-state index is -0.0975. The maximum Gasteiger partial charge on any atom is 0.230 e. The van der Waals surface area contributed by atoms with Crippen LogP contribution in [-0.4, -0.2) is 29.9 Å². The van der Waals surface area contributed by atoms with Crippen LogP contribution in [0.4, 0.5) is 0 Å². The lowest BCUT2D eigenvalue weighted by molar-refractivity contribution is -0.141. The van der Waals surface area contributed by atoms with Crippen molar-refractivity contribution in [3.05, 3.63) is 29.8 Å². The smallest absolute Gasteiger partial charge is 0.230 e. The van der Waals surface area contributed by atoms with Gasteiger partial charge in [0.05, 0.1) is 12.5 Å². The van der Waals surface area contributed by atoms with Gasteiger partial charge in [-0.15, -0.1) is 11.8 Å². The number of benzene rings is 1. The molecule has 90 valence electrons. The number of Topliss-reactive ketones (excluding diaryl/α,β-unsaturated/α-hetero) is 1. The molecule has 0 radical (unpaired) electrons. The summed E-state index contributed by atoms with van der Waals surface area (Å²) in [5.74, 6) is -0.0489. The maximum atomic E-state index is 11.6. The van der Waals surface area contributed by atoms with Gasteiger partial charge in [0.2, 0.25) is 5.91 Å². The number of thioether (sulfide) groups is 1. The van der Waals surface area contributed by atoms with E-state index in [2.05, 4.69) is 0 Å². The van der Waals surface area contributed by atoms with E-state index < -0.39 is 0 Å². The Hall–Kier alpha value is -1.29. The number of piperidine rings is 1. The highest BCUT2D eigenvalue weighted by atomic mass is 32.2. The lowest BCUT2D eigenvalue weighted by Gasteiger charge is -2.32. The Bertz CT molecular complexity index is 441. The summed E-state index contributed by atoms with van der Waals surface area (Å²) in [5, 5.41) is 0. The lowest BCUT2D eigenvalue weighted by atomic mass is 9.94. The van der Waals surface area contributed by atoms with Crippen molar-refractivity contribution in [1.29, 1.82) is 0 Å². The molecule has 1 aliphatic rings. The van der Waals surface area contributed by atoms with Crippen LogP contribution >= 0.6 is 11.8 Å². The van der Waals surface area contributed by atoms with Gasteiger partial charge in [-0.2, -0.15) is 0 Å². The van der Waals surface area contributed by atoms with Crippen LogP contribution in [-0.2, 0) is 9.59 Å². The number of rotatable bonds is 2. The van der Waals surface area contributed by atoms with Crippen LogP contribution < -0.4 is 0 Å². The minimum Gasteiger partial charge on any atom is -0.338 e. The van der Waals surface area contributed by atoms with Crippen molar-refractivity contribution in [2.75, 3.05) is 13.3 Å². The van der Waals surface area contributed by atoms with Gasteiger partial charge < -0.3 is 4.90 Å². The van der Waals surface area contributed by atoms with Crippen molar-refractivity contribution < 1.29 is 9.59 Å². The Kier molecular flexibility index (Phi) is 3.52. The Morgan fingerprint density at radius 2 is 1.88 bits per heavy atom. The maximum absolute atomic E-state index is 11.6. The zero-order valence-electron chi connectivity index (χ0n) is 9.97. The third kappa shape index (κ3) is 2.52. The van der Waals surface area contributed by atoms with Crippen molar-refractivity contribution in [1.82, 2.24) is 4.90 Å². The number of nitrogens with zero attached hydrogens (tertiary/aromatic N) is 1. The normalized spacial score (nSPS) is 20.8. The molecule has 1 amide bonds. The van der Waals surface area contributed by atoms with E-state index in [1.54, 1.807) is 23.7 Å². The largest absolute Gasteiger partial charge is 0.338 e. The average molecular weight is 249 g/mol. The number of carbonyl (C=O) groups excluding carboxylic acids is 2. The van der Waals surface area contributed by atoms with Gasteiger partial charge in [-0.3, -0.25) is 9.59 Å². The lowest BCUT2D eigenvalue weighted by Crippen LogP contribution is -2.38. The highest BCUT2D eigenvalue weighted by Gasteiger charge is 2.30. The molecule has 0 saturated carbocycles. The number of amides is 1. The molecule has 1 aliphatic heterocycles. The van der Waals surface area contributed by atoms with Crippen LogP contribution in [0.5, 0.6) is 0 Å². The molecule has 1 saturated heterocycles. The first kappa shape index (κ1) is 12.2. The minimum absolute atomic E-state index is 0.0343. The molecule has 1 aromatic rings.